The van der Waals surface area contributed by atoms with E-state index < -0.39 is 5.97 Å². The minimum Gasteiger partial charge on any atom is -0.493 e. The molecule has 48 heavy (non-hydrogen) atoms. The van der Waals surface area contributed by atoms with Gasteiger partial charge in [0, 0.05) is 23.2 Å². The van der Waals surface area contributed by atoms with Gasteiger partial charge in [0.1, 0.15) is 22.9 Å². The first kappa shape index (κ1) is 37.1. The fraction of sp³-hybridized carbons (Fsp3) is 0.361. The second kappa shape index (κ2) is 17.0. The number of ether oxygens (including phenoxy) is 2. The van der Waals surface area contributed by atoms with Crippen LogP contribution in [-0.4, -0.2) is 52.0 Å². The van der Waals surface area contributed by atoms with Crippen molar-refractivity contribution in [1.82, 2.24) is 15.3 Å². The van der Waals surface area contributed by atoms with Crippen LogP contribution < -0.4 is 25.4 Å². The molecule has 5 N–H and O–H groups in total. The molecule has 0 bridgehead atoms. The molecule has 12 heteroatoms. The zero-order valence-electron chi connectivity index (χ0n) is 28.7. The Labute approximate surface area is 280 Å². The number of fused-ring (bicyclic) bond motifs is 1. The summed E-state index contributed by atoms with van der Waals surface area (Å²) < 4.78 is 10.8. The van der Waals surface area contributed by atoms with Crippen molar-refractivity contribution in [2.24, 2.45) is 11.8 Å². The van der Waals surface area contributed by atoms with Crippen LogP contribution in [0.5, 0.6) is 11.5 Å². The van der Waals surface area contributed by atoms with Crippen molar-refractivity contribution in [3.05, 3.63) is 77.1 Å². The Morgan fingerprint density at radius 2 is 1.29 bits per heavy atom. The molecule has 0 saturated heterocycles. The highest BCUT2D eigenvalue weighted by atomic mass is 16.5. The number of carbonyl (C=O) groups excluding carboxylic acids is 3. The van der Waals surface area contributed by atoms with Crippen LogP contribution >= 0.6 is 0 Å². The Bertz CT molecular complexity index is 1760. The largest absolute Gasteiger partial charge is 0.493 e. The van der Waals surface area contributed by atoms with E-state index in [2.05, 4.69) is 25.9 Å². The van der Waals surface area contributed by atoms with Crippen LogP contribution in [0.4, 0.5) is 11.4 Å². The van der Waals surface area contributed by atoms with Crippen molar-refractivity contribution in [2.45, 2.75) is 61.4 Å². The molecule has 4 rings (SSSR count). The number of benzene rings is 3. The molecule has 0 aliphatic rings. The van der Waals surface area contributed by atoms with E-state index in [1.807, 2.05) is 52.8 Å². The van der Waals surface area contributed by atoms with Crippen molar-refractivity contribution in [3.8, 4) is 11.5 Å². The maximum atomic E-state index is 13.0. The number of carbonyl (C=O) groups is 4. The standard InChI is InChI=1S/C23H28N4O3.C13H17NO4/c1-6-30-21-10-8-17(27-22(28)13(2)3)12-18(21)23(29)24-14(4)16-7-9-19-20(11-16)26-15(5)25-19;1-4-18-11-6-5-9(7-10(11)13(16)17)14-12(15)8(2)3/h7-14H,6H2,1-5H3,(H,24,29)(H,25,26)(H,27,28);5-8H,4H2,1-3H3,(H,14,15)(H,16,17). The number of aryl methyl sites for hydroxylation is 1. The Morgan fingerprint density at radius 1 is 0.771 bits per heavy atom. The molecule has 0 fully saturated rings. The number of hydrogen-bond donors (Lipinski definition) is 5. The average Bonchev–Trinajstić information content (AvgIpc) is 3.42. The van der Waals surface area contributed by atoms with E-state index in [4.69, 9.17) is 14.6 Å². The molecule has 0 spiro atoms. The third kappa shape index (κ3) is 10.1. The molecule has 0 radical (unpaired) electrons. The van der Waals surface area contributed by atoms with Crippen LogP contribution in [0.1, 0.15) is 86.6 Å². The van der Waals surface area contributed by atoms with E-state index in [1.165, 1.54) is 6.07 Å². The molecule has 4 aromatic rings. The summed E-state index contributed by atoms with van der Waals surface area (Å²) in [6, 6.07) is 15.3. The number of imidazole rings is 1. The first-order chi connectivity index (χ1) is 22.7. The first-order valence-corrected chi connectivity index (χ1v) is 15.9. The minimum absolute atomic E-state index is 0.0402. The van der Waals surface area contributed by atoms with Gasteiger partial charge in [-0.05, 0) is 81.8 Å². The number of hydrogen-bond acceptors (Lipinski definition) is 7. The maximum absolute atomic E-state index is 13.0. The summed E-state index contributed by atoms with van der Waals surface area (Å²) in [7, 11) is 0. The average molecular weight is 660 g/mol. The van der Waals surface area contributed by atoms with Crippen molar-refractivity contribution < 1.29 is 33.8 Å². The van der Waals surface area contributed by atoms with Crippen LogP contribution in [0.2, 0.25) is 0 Å². The molecule has 256 valence electrons. The summed E-state index contributed by atoms with van der Waals surface area (Å²) in [4.78, 5) is 55.3. The molecule has 1 atom stereocenters. The third-order valence-electron chi connectivity index (χ3n) is 7.09. The molecule has 0 saturated carbocycles. The van der Waals surface area contributed by atoms with Crippen molar-refractivity contribution >= 4 is 46.1 Å². The quantitative estimate of drug-likeness (QED) is 0.111. The van der Waals surface area contributed by atoms with E-state index in [0.717, 1.165) is 22.4 Å². The van der Waals surface area contributed by atoms with Gasteiger partial charge in [0.25, 0.3) is 5.91 Å². The number of carboxylic acids is 1. The molecule has 0 aliphatic heterocycles. The summed E-state index contributed by atoms with van der Waals surface area (Å²) in [6.07, 6.45) is 0. The molecule has 1 aromatic heterocycles. The van der Waals surface area contributed by atoms with Crippen molar-refractivity contribution in [1.29, 1.82) is 0 Å². The maximum Gasteiger partial charge on any atom is 0.339 e. The Morgan fingerprint density at radius 3 is 1.79 bits per heavy atom. The molecular weight excluding hydrogens is 614 g/mol. The second-order valence-electron chi connectivity index (χ2n) is 11.7. The van der Waals surface area contributed by atoms with Crippen molar-refractivity contribution in [3.63, 3.8) is 0 Å². The number of aromatic amines is 1. The Hall–Kier alpha value is -5.39. The fourth-order valence-electron chi connectivity index (χ4n) is 4.47. The van der Waals surface area contributed by atoms with E-state index in [-0.39, 0.29) is 41.2 Å². The summed E-state index contributed by atoms with van der Waals surface area (Å²) in [6.45, 7) is 15.5. The van der Waals surface area contributed by atoms with Crippen LogP contribution in [0, 0.1) is 18.8 Å². The van der Waals surface area contributed by atoms with Gasteiger partial charge in [-0.1, -0.05) is 33.8 Å². The first-order valence-electron chi connectivity index (χ1n) is 15.9. The highest BCUT2D eigenvalue weighted by molar-refractivity contribution is 6.00. The van der Waals surface area contributed by atoms with Crippen molar-refractivity contribution in [2.75, 3.05) is 23.8 Å². The van der Waals surface area contributed by atoms with E-state index in [9.17, 15) is 19.2 Å². The highest BCUT2D eigenvalue weighted by Crippen LogP contribution is 2.26. The lowest BCUT2D eigenvalue weighted by atomic mass is 10.1. The molecule has 1 heterocycles. The van der Waals surface area contributed by atoms with Crippen LogP contribution in [0.15, 0.2) is 54.6 Å². The number of aromatic carboxylic acids is 1. The van der Waals surface area contributed by atoms with Gasteiger partial charge in [-0.3, -0.25) is 14.4 Å². The fourth-order valence-corrected chi connectivity index (χ4v) is 4.47. The highest BCUT2D eigenvalue weighted by Gasteiger charge is 2.19. The van der Waals surface area contributed by atoms with Gasteiger partial charge in [0.05, 0.1) is 35.9 Å². The second-order valence-corrected chi connectivity index (χ2v) is 11.7. The lowest BCUT2D eigenvalue weighted by Gasteiger charge is -2.17. The van der Waals surface area contributed by atoms with E-state index in [0.29, 0.717) is 41.7 Å². The van der Waals surface area contributed by atoms with Gasteiger partial charge in [-0.25, -0.2) is 9.78 Å². The summed E-state index contributed by atoms with van der Waals surface area (Å²) >= 11 is 0. The van der Waals surface area contributed by atoms with Crippen LogP contribution in [-0.2, 0) is 9.59 Å². The Balaban J connectivity index is 0.000000297. The summed E-state index contributed by atoms with van der Waals surface area (Å²) in [5, 5.41) is 17.6. The number of anilines is 2. The molecule has 3 amide bonds. The number of carboxylic acid groups (broad SMARTS) is 1. The number of nitrogens with one attached hydrogen (secondary N) is 4. The topological polar surface area (TPSA) is 172 Å². The van der Waals surface area contributed by atoms with Gasteiger partial charge in [-0.2, -0.15) is 0 Å². The number of rotatable bonds is 12. The smallest absolute Gasteiger partial charge is 0.339 e. The zero-order chi connectivity index (χ0) is 35.5. The minimum atomic E-state index is -1.08. The zero-order valence-corrected chi connectivity index (χ0v) is 28.7. The lowest BCUT2D eigenvalue weighted by molar-refractivity contribution is -0.119. The SMILES string of the molecule is CCOc1ccc(NC(=O)C(C)C)cc1C(=O)NC(C)c1ccc2[nH]c(C)nc2c1.CCOc1ccc(NC(=O)C(C)C)cc1C(=O)O. The van der Waals surface area contributed by atoms with Gasteiger partial charge in [0.15, 0.2) is 0 Å². The normalized spacial score (nSPS) is 11.4. The molecule has 0 aliphatic carbocycles. The predicted molar refractivity (Wildman–Crippen MR) is 186 cm³/mol. The number of aromatic nitrogens is 2. The van der Waals surface area contributed by atoms with E-state index in [1.54, 1.807) is 51.1 Å². The van der Waals surface area contributed by atoms with Crippen LogP contribution in [0.25, 0.3) is 11.0 Å². The molecule has 1 unspecified atom stereocenters. The molecular formula is C36H45N5O7. The molecule has 12 nitrogen and oxygen atoms in total. The van der Waals surface area contributed by atoms with Gasteiger partial charge in [0.2, 0.25) is 11.8 Å². The predicted octanol–water partition coefficient (Wildman–Crippen LogP) is 6.73. The van der Waals surface area contributed by atoms with E-state index >= 15 is 0 Å². The summed E-state index contributed by atoms with van der Waals surface area (Å²) in [5.41, 5.74) is 4.20. The van der Waals surface area contributed by atoms with Gasteiger partial charge >= 0.3 is 5.97 Å². The Kier molecular flexibility index (Phi) is 13.1. The number of amides is 3. The monoisotopic (exact) mass is 659 g/mol. The van der Waals surface area contributed by atoms with Gasteiger partial charge < -0.3 is 35.5 Å². The van der Waals surface area contributed by atoms with Gasteiger partial charge in [-0.15, -0.1) is 0 Å². The van der Waals surface area contributed by atoms with Crippen LogP contribution in [0.3, 0.4) is 0 Å². The number of H-pyrrole nitrogens is 1. The summed E-state index contributed by atoms with van der Waals surface area (Å²) in [5.74, 6) is -0.323. The lowest BCUT2D eigenvalue weighted by Crippen LogP contribution is -2.27. The third-order valence-corrected chi connectivity index (χ3v) is 7.09. The number of nitrogens with zero attached hydrogens (tertiary/aromatic N) is 1. The molecule has 3 aromatic carbocycles.